The molecule has 0 aromatic carbocycles. The molecule has 0 aromatic heterocycles. The molecule has 0 heterocycles. The molecule has 0 bridgehead atoms. The number of carbonyl (C=O) groups excluding carboxylic acids is 4. The number of esters is 4. The standard InChI is InChI=1S/C76H122O12/c1-3-69(77)85-47-19-7-5-17-45-83-67-41-33-57(34-42-67)73(79)87-71(75(81,63-37-29-53-21-9-13-25-59(53)49-63)64-38-30-54-22-10-14-26-60(54)50-64)72(88-74(80)58-35-43-68(44-36-58)84-46-18-6-8-20-48-86-70(78)4-2)76(82,65-39-31-55-23-11-15-27-61(55)51-65)66-40-32-56-24-12-16-28-62(56)52-66/h3-4,53-68,71-72,81-82H,1-2,5-52H2. The van der Waals surface area contributed by atoms with Crippen LogP contribution in [0.3, 0.4) is 0 Å². The molecule has 10 aliphatic carbocycles. The third-order valence-electron chi connectivity index (χ3n) is 26.1. The van der Waals surface area contributed by atoms with Crippen molar-refractivity contribution in [1.29, 1.82) is 0 Å². The van der Waals surface area contributed by atoms with Gasteiger partial charge < -0.3 is 38.6 Å². The van der Waals surface area contributed by atoms with Gasteiger partial charge in [0.15, 0.2) is 12.2 Å². The number of hydrogen-bond acceptors (Lipinski definition) is 12. The van der Waals surface area contributed by atoms with Gasteiger partial charge in [-0.1, -0.05) is 129 Å². The van der Waals surface area contributed by atoms with Crippen molar-refractivity contribution in [1.82, 2.24) is 0 Å². The lowest BCUT2D eigenvalue weighted by Crippen LogP contribution is -2.71. The van der Waals surface area contributed by atoms with E-state index >= 15 is 19.8 Å². The first-order valence-corrected chi connectivity index (χ1v) is 37.6. The fraction of sp³-hybridized carbons (Fsp3) is 0.895. The van der Waals surface area contributed by atoms with Crippen LogP contribution in [0, 0.1) is 82.9 Å². The summed E-state index contributed by atoms with van der Waals surface area (Å²) in [6.45, 7) is 9.08. The molecule has 12 heteroatoms. The summed E-state index contributed by atoms with van der Waals surface area (Å²) in [5.41, 5.74) is -3.00. The minimum absolute atomic E-state index is 0.0535. The van der Waals surface area contributed by atoms with Crippen molar-refractivity contribution in [2.75, 3.05) is 26.4 Å². The summed E-state index contributed by atoms with van der Waals surface area (Å²) in [6.07, 6.45) is 44.1. The monoisotopic (exact) mass is 1230 g/mol. The van der Waals surface area contributed by atoms with E-state index in [0.717, 1.165) is 154 Å². The van der Waals surface area contributed by atoms with Crippen molar-refractivity contribution in [3.63, 3.8) is 0 Å². The van der Waals surface area contributed by atoms with Gasteiger partial charge in [0, 0.05) is 25.4 Å². The Morgan fingerprint density at radius 3 is 0.909 bits per heavy atom. The van der Waals surface area contributed by atoms with Gasteiger partial charge in [-0.25, -0.2) is 9.59 Å². The third-order valence-corrected chi connectivity index (χ3v) is 26.1. The minimum atomic E-state index is -1.50. The quantitative estimate of drug-likeness (QED) is 0.0316. The molecule has 14 unspecified atom stereocenters. The Morgan fingerprint density at radius 2 is 0.625 bits per heavy atom. The molecule has 10 saturated carbocycles. The van der Waals surface area contributed by atoms with Gasteiger partial charge in [0.05, 0.1) is 37.3 Å². The molecular weight excluding hydrogens is 1100 g/mol. The van der Waals surface area contributed by atoms with Crippen LogP contribution in [0.4, 0.5) is 0 Å². The fourth-order valence-electron chi connectivity index (χ4n) is 21.0. The second kappa shape index (κ2) is 33.9. The van der Waals surface area contributed by atoms with E-state index in [9.17, 15) is 9.59 Å². The van der Waals surface area contributed by atoms with Crippen LogP contribution in [0.2, 0.25) is 0 Å². The molecule has 10 rings (SSSR count). The largest absolute Gasteiger partial charge is 0.463 e. The fourth-order valence-corrected chi connectivity index (χ4v) is 21.0. The number of aliphatic hydroxyl groups is 2. The lowest BCUT2D eigenvalue weighted by molar-refractivity contribution is -0.275. The molecule has 2 N–H and O–H groups in total. The molecule has 0 radical (unpaired) electrons. The van der Waals surface area contributed by atoms with Gasteiger partial charge in [-0.05, 0) is 238 Å². The maximum Gasteiger partial charge on any atom is 0.330 e. The van der Waals surface area contributed by atoms with Crippen LogP contribution in [0.5, 0.6) is 0 Å². The molecule has 0 amide bonds. The maximum atomic E-state index is 16.0. The molecule has 10 aliphatic rings. The molecule has 0 aromatic rings. The van der Waals surface area contributed by atoms with Crippen molar-refractivity contribution < 1.29 is 57.8 Å². The summed E-state index contributed by atoms with van der Waals surface area (Å²) in [6, 6.07) is 0. The van der Waals surface area contributed by atoms with E-state index in [1.54, 1.807) is 0 Å². The Morgan fingerprint density at radius 1 is 0.352 bits per heavy atom. The third kappa shape index (κ3) is 17.5. The Labute approximate surface area is 532 Å². The van der Waals surface area contributed by atoms with Crippen molar-refractivity contribution >= 4 is 23.9 Å². The number of carbonyl (C=O) groups is 4. The predicted molar refractivity (Wildman–Crippen MR) is 343 cm³/mol. The zero-order valence-electron chi connectivity index (χ0n) is 54.9. The first kappa shape index (κ1) is 68.1. The molecule has 498 valence electrons. The van der Waals surface area contributed by atoms with Crippen LogP contribution in [0.1, 0.15) is 283 Å². The molecule has 0 saturated heterocycles. The van der Waals surface area contributed by atoms with E-state index in [-0.39, 0.29) is 71.6 Å². The molecular formula is C76H122O12. The molecule has 12 nitrogen and oxygen atoms in total. The second-order valence-corrected chi connectivity index (χ2v) is 31.0. The summed E-state index contributed by atoms with van der Waals surface area (Å²) in [5.74, 6) is 1.98. The van der Waals surface area contributed by atoms with Crippen LogP contribution in [0.25, 0.3) is 0 Å². The Bertz CT molecular complexity index is 1960. The van der Waals surface area contributed by atoms with Crippen LogP contribution < -0.4 is 0 Å². The van der Waals surface area contributed by atoms with E-state index in [1.807, 2.05) is 0 Å². The van der Waals surface area contributed by atoms with Crippen LogP contribution in [-0.4, -0.2) is 96.1 Å². The van der Waals surface area contributed by atoms with Gasteiger partial charge >= 0.3 is 23.9 Å². The van der Waals surface area contributed by atoms with E-state index in [0.29, 0.717) is 99.5 Å². The maximum absolute atomic E-state index is 16.0. The van der Waals surface area contributed by atoms with Crippen LogP contribution in [0.15, 0.2) is 25.3 Å². The number of unbranched alkanes of at least 4 members (excludes halogenated alkanes) is 6. The van der Waals surface area contributed by atoms with Crippen LogP contribution >= 0.6 is 0 Å². The molecule has 88 heavy (non-hydrogen) atoms. The van der Waals surface area contributed by atoms with Gasteiger partial charge in [-0.15, -0.1) is 0 Å². The Kier molecular flexibility index (Phi) is 26.2. The smallest absolute Gasteiger partial charge is 0.330 e. The summed E-state index contributed by atoms with van der Waals surface area (Å²) in [5, 5.41) is 30.6. The molecule has 14 atom stereocenters. The van der Waals surface area contributed by atoms with Crippen molar-refractivity contribution in [3.8, 4) is 0 Å². The average Bonchev–Trinajstić information content (AvgIpc) is 0.778. The number of fused-ring (bicyclic) bond motifs is 4. The number of rotatable bonds is 29. The molecule has 0 aliphatic heterocycles. The summed E-state index contributed by atoms with van der Waals surface area (Å²) >= 11 is 0. The summed E-state index contributed by atoms with van der Waals surface area (Å²) < 4.78 is 38.5. The Hall–Kier alpha value is -2.80. The minimum Gasteiger partial charge on any atom is -0.463 e. The highest BCUT2D eigenvalue weighted by Gasteiger charge is 2.66. The van der Waals surface area contributed by atoms with Crippen molar-refractivity contribution in [3.05, 3.63) is 25.3 Å². The molecule has 10 fully saturated rings. The lowest BCUT2D eigenvalue weighted by Gasteiger charge is -2.59. The zero-order chi connectivity index (χ0) is 61.3. The van der Waals surface area contributed by atoms with E-state index in [4.69, 9.17) is 28.4 Å². The highest BCUT2D eigenvalue weighted by molar-refractivity contribution is 5.81. The Balaban J connectivity index is 0.965. The van der Waals surface area contributed by atoms with E-state index in [2.05, 4.69) is 13.2 Å². The van der Waals surface area contributed by atoms with Gasteiger partial charge in [-0.2, -0.15) is 0 Å². The van der Waals surface area contributed by atoms with Crippen molar-refractivity contribution in [2.24, 2.45) is 82.9 Å². The topological polar surface area (TPSA) is 164 Å². The van der Waals surface area contributed by atoms with Gasteiger partial charge in [-0.3, -0.25) is 9.59 Å². The zero-order valence-corrected chi connectivity index (χ0v) is 54.9. The first-order chi connectivity index (χ1) is 42.9. The SMILES string of the molecule is C=CC(=O)OCCCCCCOC1CCC(C(=O)OC(C(OC(=O)C2CCC(OCCCCCCOC(=O)C=C)CC2)C(O)(C2CCC3CCCCC3C2)C2CCC3CCCCC3C2)C(O)(C2CCC3CCCCC3C2)C2CCC3CCCCC3C2)CC1. The highest BCUT2D eigenvalue weighted by atomic mass is 16.6. The predicted octanol–water partition coefficient (Wildman–Crippen LogP) is 16.4. The highest BCUT2D eigenvalue weighted by Crippen LogP contribution is 2.59. The second-order valence-electron chi connectivity index (χ2n) is 31.0. The van der Waals surface area contributed by atoms with Crippen LogP contribution in [-0.2, 0) is 47.6 Å². The summed E-state index contributed by atoms with van der Waals surface area (Å²) in [4.78, 5) is 54.9. The average molecular weight is 1230 g/mol. The van der Waals surface area contributed by atoms with Gasteiger partial charge in [0.25, 0.3) is 0 Å². The summed E-state index contributed by atoms with van der Waals surface area (Å²) in [7, 11) is 0. The molecule has 0 spiro atoms. The van der Waals surface area contributed by atoms with Gasteiger partial charge in [0.1, 0.15) is 11.2 Å². The van der Waals surface area contributed by atoms with E-state index < -0.39 is 23.4 Å². The lowest BCUT2D eigenvalue weighted by atomic mass is 9.52. The van der Waals surface area contributed by atoms with E-state index in [1.165, 1.54) is 115 Å². The normalized spacial score (nSPS) is 36.3. The first-order valence-electron chi connectivity index (χ1n) is 37.6. The number of ether oxygens (including phenoxy) is 6. The van der Waals surface area contributed by atoms with Gasteiger partial charge in [0.2, 0.25) is 0 Å². The number of hydrogen-bond donors (Lipinski definition) is 2. The van der Waals surface area contributed by atoms with Crippen molar-refractivity contribution in [2.45, 2.75) is 318 Å².